The van der Waals surface area contributed by atoms with Crippen LogP contribution in [0.5, 0.6) is 11.5 Å². The lowest BCUT2D eigenvalue weighted by atomic mass is 10.2. The lowest BCUT2D eigenvalue weighted by molar-refractivity contribution is -0.132. The van der Waals surface area contributed by atoms with Gasteiger partial charge in [-0.3, -0.25) is 4.79 Å². The molecule has 0 saturated heterocycles. The monoisotopic (exact) mass is 387 g/mol. The molecule has 8 heteroatoms. The van der Waals surface area contributed by atoms with Crippen LogP contribution in [0, 0.1) is 0 Å². The van der Waals surface area contributed by atoms with E-state index in [0.29, 0.717) is 22.5 Å². The Morgan fingerprint density at radius 3 is 2.63 bits per heavy atom. The van der Waals surface area contributed by atoms with E-state index in [4.69, 9.17) is 25.6 Å². The number of nitrogens with zero attached hydrogens (tertiary/aromatic N) is 3. The van der Waals surface area contributed by atoms with E-state index in [1.165, 1.54) is 4.90 Å². The standard InChI is InChI=1S/C19H18ClN3O4/c1-23(18(24)12-26-16-6-4-3-5-15(16)20)11-17-21-19(22-27-17)13-7-9-14(25-2)10-8-13/h3-10H,11-12H2,1-2H3. The molecule has 1 heterocycles. The average Bonchev–Trinajstić information content (AvgIpc) is 3.15. The van der Waals surface area contributed by atoms with Crippen LogP contribution in [0.3, 0.4) is 0 Å². The number of para-hydroxylation sites is 1. The minimum absolute atomic E-state index is 0.139. The second kappa shape index (κ2) is 8.55. The number of aromatic nitrogens is 2. The van der Waals surface area contributed by atoms with E-state index in [2.05, 4.69) is 10.1 Å². The first-order valence-corrected chi connectivity index (χ1v) is 8.53. The minimum Gasteiger partial charge on any atom is -0.497 e. The zero-order chi connectivity index (χ0) is 19.2. The largest absolute Gasteiger partial charge is 0.497 e. The first kappa shape index (κ1) is 18.7. The molecule has 0 aliphatic heterocycles. The first-order valence-electron chi connectivity index (χ1n) is 8.15. The van der Waals surface area contributed by atoms with Gasteiger partial charge in [0.2, 0.25) is 11.7 Å². The number of likely N-dealkylation sites (N-methyl/N-ethyl adjacent to an activating group) is 1. The maximum absolute atomic E-state index is 12.2. The number of carbonyl (C=O) groups is 1. The topological polar surface area (TPSA) is 77.7 Å². The van der Waals surface area contributed by atoms with E-state index in [0.717, 1.165) is 11.3 Å². The highest BCUT2D eigenvalue weighted by atomic mass is 35.5. The molecule has 0 fully saturated rings. The van der Waals surface area contributed by atoms with Gasteiger partial charge in [-0.15, -0.1) is 0 Å². The molecule has 0 N–H and O–H groups in total. The van der Waals surface area contributed by atoms with E-state index < -0.39 is 0 Å². The van der Waals surface area contributed by atoms with Gasteiger partial charge in [0, 0.05) is 12.6 Å². The van der Waals surface area contributed by atoms with Gasteiger partial charge in [-0.1, -0.05) is 28.9 Å². The van der Waals surface area contributed by atoms with Gasteiger partial charge < -0.3 is 18.9 Å². The molecule has 0 unspecified atom stereocenters. The number of methoxy groups -OCH3 is 1. The molecule has 0 atom stereocenters. The fourth-order valence-corrected chi connectivity index (χ4v) is 2.47. The highest BCUT2D eigenvalue weighted by Crippen LogP contribution is 2.23. The number of benzene rings is 2. The Morgan fingerprint density at radius 2 is 1.93 bits per heavy atom. The zero-order valence-corrected chi connectivity index (χ0v) is 15.6. The van der Waals surface area contributed by atoms with Crippen LogP contribution in [0.25, 0.3) is 11.4 Å². The summed E-state index contributed by atoms with van der Waals surface area (Å²) in [7, 11) is 3.24. The Labute approximate surface area is 161 Å². The molecule has 7 nitrogen and oxygen atoms in total. The molecule has 1 aromatic heterocycles. The Balaban J connectivity index is 1.57. The summed E-state index contributed by atoms with van der Waals surface area (Å²) in [6.07, 6.45) is 0. The average molecular weight is 388 g/mol. The van der Waals surface area contributed by atoms with Crippen molar-refractivity contribution in [1.29, 1.82) is 0 Å². The predicted molar refractivity (Wildman–Crippen MR) is 99.7 cm³/mol. The van der Waals surface area contributed by atoms with Crippen molar-refractivity contribution < 1.29 is 18.8 Å². The highest BCUT2D eigenvalue weighted by Gasteiger charge is 2.16. The van der Waals surface area contributed by atoms with Crippen molar-refractivity contribution >= 4 is 17.5 Å². The molecule has 3 rings (SSSR count). The van der Waals surface area contributed by atoms with Gasteiger partial charge in [-0.2, -0.15) is 4.98 Å². The zero-order valence-electron chi connectivity index (χ0n) is 14.9. The summed E-state index contributed by atoms with van der Waals surface area (Å²) in [5.74, 6) is 1.74. The van der Waals surface area contributed by atoms with Crippen LogP contribution in [0.15, 0.2) is 53.1 Å². The minimum atomic E-state index is -0.237. The van der Waals surface area contributed by atoms with Crippen molar-refractivity contribution in [3.05, 3.63) is 59.4 Å². The third kappa shape index (κ3) is 4.77. The van der Waals surface area contributed by atoms with Gasteiger partial charge in [-0.05, 0) is 36.4 Å². The summed E-state index contributed by atoms with van der Waals surface area (Å²) in [6, 6.07) is 14.3. The second-order valence-electron chi connectivity index (χ2n) is 5.71. The smallest absolute Gasteiger partial charge is 0.260 e. The first-order chi connectivity index (χ1) is 13.1. The van der Waals surface area contributed by atoms with Crippen molar-refractivity contribution in [2.75, 3.05) is 20.8 Å². The number of halogens is 1. The molecule has 2 aromatic carbocycles. The van der Waals surface area contributed by atoms with Crippen molar-refractivity contribution in [3.8, 4) is 22.9 Å². The van der Waals surface area contributed by atoms with E-state index in [9.17, 15) is 4.79 Å². The summed E-state index contributed by atoms with van der Waals surface area (Å²) < 4.78 is 15.8. The quantitative estimate of drug-likeness (QED) is 0.618. The number of ether oxygens (including phenoxy) is 2. The van der Waals surface area contributed by atoms with Crippen LogP contribution < -0.4 is 9.47 Å². The maximum Gasteiger partial charge on any atom is 0.260 e. The van der Waals surface area contributed by atoms with Gasteiger partial charge in [0.15, 0.2) is 6.61 Å². The summed E-state index contributed by atoms with van der Waals surface area (Å²) >= 11 is 6.01. The SMILES string of the molecule is COc1ccc(-c2noc(CN(C)C(=O)COc3ccccc3Cl)n2)cc1. The Bertz CT molecular complexity index is 911. The molecule has 3 aromatic rings. The van der Waals surface area contributed by atoms with E-state index >= 15 is 0 Å². The van der Waals surface area contributed by atoms with Crippen molar-refractivity contribution in [3.63, 3.8) is 0 Å². The molecule has 0 aliphatic rings. The molecule has 140 valence electrons. The van der Waals surface area contributed by atoms with Crippen LogP contribution in [0.4, 0.5) is 0 Å². The Hall–Kier alpha value is -3.06. The van der Waals surface area contributed by atoms with Gasteiger partial charge in [-0.25, -0.2) is 0 Å². The van der Waals surface area contributed by atoms with Crippen LogP contribution in [-0.2, 0) is 11.3 Å². The normalized spacial score (nSPS) is 10.5. The van der Waals surface area contributed by atoms with Crippen molar-refractivity contribution in [1.82, 2.24) is 15.0 Å². The van der Waals surface area contributed by atoms with E-state index in [1.54, 1.807) is 38.4 Å². The van der Waals surface area contributed by atoms with Crippen LogP contribution in [0.2, 0.25) is 5.02 Å². The lowest BCUT2D eigenvalue weighted by Gasteiger charge is -2.15. The Kier molecular flexibility index (Phi) is 5.93. The molecule has 1 amide bonds. The molecule has 27 heavy (non-hydrogen) atoms. The lowest BCUT2D eigenvalue weighted by Crippen LogP contribution is -2.31. The van der Waals surface area contributed by atoms with E-state index in [1.807, 2.05) is 24.3 Å². The van der Waals surface area contributed by atoms with Gasteiger partial charge in [0.05, 0.1) is 18.7 Å². The third-order valence-corrected chi connectivity index (χ3v) is 4.11. The second-order valence-corrected chi connectivity index (χ2v) is 6.12. The van der Waals surface area contributed by atoms with Crippen LogP contribution in [0.1, 0.15) is 5.89 Å². The Morgan fingerprint density at radius 1 is 1.19 bits per heavy atom. The number of carbonyl (C=O) groups excluding carboxylic acids is 1. The summed E-state index contributed by atoms with van der Waals surface area (Å²) in [4.78, 5) is 18.0. The number of rotatable bonds is 7. The van der Waals surface area contributed by atoms with Crippen LogP contribution in [-0.4, -0.2) is 41.7 Å². The van der Waals surface area contributed by atoms with E-state index in [-0.39, 0.29) is 19.1 Å². The van der Waals surface area contributed by atoms with Gasteiger partial charge >= 0.3 is 0 Å². The number of amides is 1. The van der Waals surface area contributed by atoms with Gasteiger partial charge in [0.1, 0.15) is 11.5 Å². The number of hydrogen-bond acceptors (Lipinski definition) is 6. The summed E-state index contributed by atoms with van der Waals surface area (Å²) in [6.45, 7) is 0.0353. The highest BCUT2D eigenvalue weighted by molar-refractivity contribution is 6.32. The molecule has 0 saturated carbocycles. The predicted octanol–water partition coefficient (Wildman–Crippen LogP) is 3.44. The molecular weight excluding hydrogens is 370 g/mol. The fourth-order valence-electron chi connectivity index (χ4n) is 2.28. The van der Waals surface area contributed by atoms with Crippen LogP contribution >= 0.6 is 11.6 Å². The van der Waals surface area contributed by atoms with Crippen molar-refractivity contribution in [2.45, 2.75) is 6.54 Å². The molecule has 0 aliphatic carbocycles. The molecular formula is C19H18ClN3O4. The van der Waals surface area contributed by atoms with Gasteiger partial charge in [0.25, 0.3) is 5.91 Å². The number of hydrogen-bond donors (Lipinski definition) is 0. The summed E-state index contributed by atoms with van der Waals surface area (Å²) in [5.41, 5.74) is 0.793. The van der Waals surface area contributed by atoms with Crippen molar-refractivity contribution in [2.24, 2.45) is 0 Å². The third-order valence-electron chi connectivity index (χ3n) is 3.80. The summed E-state index contributed by atoms with van der Waals surface area (Å²) in [5, 5.41) is 4.40. The molecule has 0 radical (unpaired) electrons. The maximum atomic E-state index is 12.2. The molecule has 0 spiro atoms. The molecule has 0 bridgehead atoms. The fraction of sp³-hybridized carbons (Fsp3) is 0.211.